The van der Waals surface area contributed by atoms with Crippen LogP contribution in [0.15, 0.2) is 36.5 Å². The zero-order valence-corrected chi connectivity index (χ0v) is 14.0. The summed E-state index contributed by atoms with van der Waals surface area (Å²) in [5, 5.41) is 4.46. The van der Waals surface area contributed by atoms with Crippen molar-refractivity contribution in [2.45, 2.75) is 13.3 Å². The van der Waals surface area contributed by atoms with Crippen molar-refractivity contribution in [2.75, 3.05) is 49.5 Å². The van der Waals surface area contributed by atoms with Gasteiger partial charge in [0.15, 0.2) is 5.13 Å². The van der Waals surface area contributed by atoms with E-state index in [0.717, 1.165) is 37.9 Å². The number of rotatable bonds is 6. The smallest absolute Gasteiger partial charge is 0.182 e. The first-order chi connectivity index (χ1) is 10.8. The molecular formula is C17H24N4S. The van der Waals surface area contributed by atoms with Crippen LogP contribution < -0.4 is 10.2 Å². The number of aromatic nitrogens is 1. The molecule has 0 unspecified atom stereocenters. The molecule has 2 aromatic rings. The van der Waals surface area contributed by atoms with Crippen LogP contribution in [0, 0.1) is 6.92 Å². The van der Waals surface area contributed by atoms with Gasteiger partial charge >= 0.3 is 0 Å². The van der Waals surface area contributed by atoms with Gasteiger partial charge in [0.1, 0.15) is 0 Å². The fraction of sp³-hybridized carbons (Fsp3) is 0.471. The van der Waals surface area contributed by atoms with E-state index in [2.05, 4.69) is 57.4 Å². The van der Waals surface area contributed by atoms with E-state index in [1.807, 2.05) is 6.20 Å². The molecule has 0 spiro atoms. The van der Waals surface area contributed by atoms with Crippen molar-refractivity contribution in [3.05, 3.63) is 41.4 Å². The van der Waals surface area contributed by atoms with Crippen LogP contribution in [0.4, 0.5) is 10.8 Å². The SMILES string of the molecule is Cc1cnc(NCCCN2CCN(c3ccccc3)CC2)s1. The minimum Gasteiger partial charge on any atom is -0.369 e. The van der Waals surface area contributed by atoms with Crippen molar-refractivity contribution in [1.82, 2.24) is 9.88 Å². The molecule has 0 saturated carbocycles. The van der Waals surface area contributed by atoms with E-state index in [1.54, 1.807) is 11.3 Å². The Morgan fingerprint density at radius 3 is 2.59 bits per heavy atom. The Bertz CT molecular complexity index is 561. The van der Waals surface area contributed by atoms with Crippen molar-refractivity contribution in [3.8, 4) is 0 Å². The Morgan fingerprint density at radius 1 is 1.14 bits per heavy atom. The van der Waals surface area contributed by atoms with E-state index in [4.69, 9.17) is 0 Å². The van der Waals surface area contributed by atoms with Crippen LogP contribution in [0.2, 0.25) is 0 Å². The maximum absolute atomic E-state index is 4.33. The lowest BCUT2D eigenvalue weighted by atomic mass is 10.2. The third kappa shape index (κ3) is 4.21. The van der Waals surface area contributed by atoms with Gasteiger partial charge in [0, 0.05) is 49.5 Å². The first kappa shape index (κ1) is 15.3. The van der Waals surface area contributed by atoms with Crippen molar-refractivity contribution in [3.63, 3.8) is 0 Å². The van der Waals surface area contributed by atoms with E-state index in [0.29, 0.717) is 0 Å². The molecule has 1 aromatic heterocycles. The third-order valence-corrected chi connectivity index (χ3v) is 4.91. The van der Waals surface area contributed by atoms with Gasteiger partial charge in [-0.05, 0) is 32.0 Å². The van der Waals surface area contributed by atoms with Gasteiger partial charge in [-0.3, -0.25) is 4.90 Å². The molecule has 0 bridgehead atoms. The number of para-hydroxylation sites is 1. The minimum atomic E-state index is 1.01. The molecule has 0 aliphatic carbocycles. The summed E-state index contributed by atoms with van der Waals surface area (Å²) in [5.41, 5.74) is 1.35. The van der Waals surface area contributed by atoms with Gasteiger partial charge in [0.25, 0.3) is 0 Å². The molecule has 1 fully saturated rings. The molecule has 1 aromatic carbocycles. The molecule has 0 atom stereocenters. The van der Waals surface area contributed by atoms with Crippen molar-refractivity contribution < 1.29 is 0 Å². The van der Waals surface area contributed by atoms with Gasteiger partial charge in [-0.2, -0.15) is 0 Å². The van der Waals surface area contributed by atoms with Gasteiger partial charge in [-0.25, -0.2) is 4.98 Å². The zero-order valence-electron chi connectivity index (χ0n) is 13.2. The predicted molar refractivity (Wildman–Crippen MR) is 95.1 cm³/mol. The number of piperazine rings is 1. The second-order valence-corrected chi connectivity index (χ2v) is 6.96. The normalized spacial score (nSPS) is 16.0. The van der Waals surface area contributed by atoms with Gasteiger partial charge in [-0.15, -0.1) is 11.3 Å². The lowest BCUT2D eigenvalue weighted by Crippen LogP contribution is -2.46. The third-order valence-electron chi connectivity index (χ3n) is 4.04. The number of nitrogens with zero attached hydrogens (tertiary/aromatic N) is 3. The molecule has 3 rings (SSSR count). The van der Waals surface area contributed by atoms with Crippen LogP contribution >= 0.6 is 11.3 Å². The van der Waals surface area contributed by atoms with Crippen LogP contribution in [-0.4, -0.2) is 49.2 Å². The second kappa shape index (κ2) is 7.61. The average Bonchev–Trinajstić information content (AvgIpc) is 2.98. The molecule has 2 heterocycles. The van der Waals surface area contributed by atoms with Crippen molar-refractivity contribution in [1.29, 1.82) is 0 Å². The minimum absolute atomic E-state index is 1.01. The number of nitrogens with one attached hydrogen (secondary N) is 1. The average molecular weight is 316 g/mol. The van der Waals surface area contributed by atoms with Gasteiger partial charge in [-0.1, -0.05) is 18.2 Å². The highest BCUT2D eigenvalue weighted by molar-refractivity contribution is 7.15. The van der Waals surface area contributed by atoms with Crippen LogP contribution in [0.25, 0.3) is 0 Å². The van der Waals surface area contributed by atoms with Crippen LogP contribution in [0.1, 0.15) is 11.3 Å². The summed E-state index contributed by atoms with van der Waals surface area (Å²) in [6, 6.07) is 10.7. The Labute approximate surface area is 136 Å². The molecule has 5 heteroatoms. The largest absolute Gasteiger partial charge is 0.369 e. The molecule has 1 aliphatic rings. The summed E-state index contributed by atoms with van der Waals surface area (Å²) >= 11 is 1.73. The van der Waals surface area contributed by atoms with Gasteiger partial charge in [0.05, 0.1) is 0 Å². The zero-order chi connectivity index (χ0) is 15.2. The molecule has 22 heavy (non-hydrogen) atoms. The molecule has 1 aliphatic heterocycles. The highest BCUT2D eigenvalue weighted by atomic mass is 32.1. The predicted octanol–water partition coefficient (Wildman–Crippen LogP) is 3.08. The van der Waals surface area contributed by atoms with Crippen LogP contribution in [0.3, 0.4) is 0 Å². The van der Waals surface area contributed by atoms with Crippen LogP contribution in [0.5, 0.6) is 0 Å². The monoisotopic (exact) mass is 316 g/mol. The first-order valence-corrected chi connectivity index (χ1v) is 8.81. The Hall–Kier alpha value is -1.59. The van der Waals surface area contributed by atoms with Crippen molar-refractivity contribution >= 4 is 22.2 Å². The number of anilines is 2. The van der Waals surface area contributed by atoms with E-state index >= 15 is 0 Å². The molecule has 0 radical (unpaired) electrons. The number of hydrogen-bond donors (Lipinski definition) is 1. The first-order valence-electron chi connectivity index (χ1n) is 8.00. The lowest BCUT2D eigenvalue weighted by molar-refractivity contribution is 0.257. The standard InChI is InChI=1S/C17H24N4S/c1-15-14-19-17(22-15)18-8-5-9-20-10-12-21(13-11-20)16-6-3-2-4-7-16/h2-4,6-7,14H,5,8-13H2,1H3,(H,18,19). The number of aryl methyl sites for hydroxylation is 1. The summed E-state index contributed by atoms with van der Waals surface area (Å²) in [5.74, 6) is 0. The summed E-state index contributed by atoms with van der Waals surface area (Å²) in [6.07, 6.45) is 3.10. The highest BCUT2D eigenvalue weighted by Gasteiger charge is 2.16. The maximum atomic E-state index is 4.33. The highest BCUT2D eigenvalue weighted by Crippen LogP contribution is 2.17. The molecule has 1 saturated heterocycles. The lowest BCUT2D eigenvalue weighted by Gasteiger charge is -2.36. The fourth-order valence-corrected chi connectivity index (χ4v) is 3.49. The molecular weight excluding hydrogens is 292 g/mol. The second-order valence-electron chi connectivity index (χ2n) is 5.72. The topological polar surface area (TPSA) is 31.4 Å². The van der Waals surface area contributed by atoms with E-state index in [9.17, 15) is 0 Å². The Kier molecular flexibility index (Phi) is 5.29. The molecule has 1 N–H and O–H groups in total. The fourth-order valence-electron chi connectivity index (χ4n) is 2.80. The van der Waals surface area contributed by atoms with E-state index in [1.165, 1.54) is 23.5 Å². The van der Waals surface area contributed by atoms with E-state index < -0.39 is 0 Å². The van der Waals surface area contributed by atoms with Gasteiger partial charge in [0.2, 0.25) is 0 Å². The number of thiazole rings is 1. The molecule has 0 amide bonds. The summed E-state index contributed by atoms with van der Waals surface area (Å²) < 4.78 is 0. The molecule has 118 valence electrons. The summed E-state index contributed by atoms with van der Waals surface area (Å²) in [4.78, 5) is 10.6. The van der Waals surface area contributed by atoms with E-state index in [-0.39, 0.29) is 0 Å². The van der Waals surface area contributed by atoms with Crippen molar-refractivity contribution in [2.24, 2.45) is 0 Å². The Balaban J connectivity index is 1.34. The quantitative estimate of drug-likeness (QED) is 0.830. The maximum Gasteiger partial charge on any atom is 0.182 e. The molecule has 4 nitrogen and oxygen atoms in total. The van der Waals surface area contributed by atoms with Crippen LogP contribution in [-0.2, 0) is 0 Å². The number of hydrogen-bond acceptors (Lipinski definition) is 5. The van der Waals surface area contributed by atoms with Gasteiger partial charge < -0.3 is 10.2 Å². The summed E-state index contributed by atoms with van der Waals surface area (Å²) in [7, 11) is 0. The number of benzene rings is 1. The summed E-state index contributed by atoms with van der Waals surface area (Å²) in [6.45, 7) is 8.84. The Morgan fingerprint density at radius 2 is 1.91 bits per heavy atom.